The predicted octanol–water partition coefficient (Wildman–Crippen LogP) is 2.53. The van der Waals surface area contributed by atoms with Crippen LogP contribution in [0, 0.1) is 11.8 Å². The topological polar surface area (TPSA) is 69.8 Å². The van der Waals surface area contributed by atoms with Crippen LogP contribution in [0.4, 0.5) is 5.95 Å². The first-order valence-corrected chi connectivity index (χ1v) is 7.67. The van der Waals surface area contributed by atoms with Crippen LogP contribution in [0.3, 0.4) is 0 Å². The molecule has 1 aliphatic rings. The number of imidazole rings is 1. The number of aromatic amines is 1. The summed E-state index contributed by atoms with van der Waals surface area (Å²) < 4.78 is 0. The second kappa shape index (κ2) is 6.26. The largest absolute Gasteiger partial charge is 0.324 e. The Morgan fingerprint density at radius 2 is 2.33 bits per heavy atom. The zero-order valence-corrected chi connectivity index (χ0v) is 12.4. The highest BCUT2D eigenvalue weighted by Gasteiger charge is 2.22. The molecule has 1 aliphatic heterocycles. The van der Waals surface area contributed by atoms with Crippen LogP contribution in [-0.2, 0) is 4.79 Å². The molecule has 1 amide bonds. The average molecular weight is 286 g/mol. The second-order valence-corrected chi connectivity index (χ2v) is 5.94. The number of hydrogen-bond acceptors (Lipinski definition) is 3. The maximum Gasteiger partial charge on any atom is 0.226 e. The van der Waals surface area contributed by atoms with Gasteiger partial charge in [0.1, 0.15) is 0 Å². The number of aromatic nitrogens is 2. The van der Waals surface area contributed by atoms with Crippen molar-refractivity contribution in [3.05, 3.63) is 24.3 Å². The van der Waals surface area contributed by atoms with Gasteiger partial charge in [0.25, 0.3) is 0 Å². The third-order valence-corrected chi connectivity index (χ3v) is 4.29. The van der Waals surface area contributed by atoms with Crippen molar-refractivity contribution in [1.29, 1.82) is 0 Å². The lowest BCUT2D eigenvalue weighted by molar-refractivity contribution is -0.117. The molecule has 3 rings (SSSR count). The molecule has 3 N–H and O–H groups in total. The predicted molar refractivity (Wildman–Crippen MR) is 84.1 cm³/mol. The summed E-state index contributed by atoms with van der Waals surface area (Å²) in [7, 11) is 0. The van der Waals surface area contributed by atoms with Gasteiger partial charge in [0.15, 0.2) is 0 Å². The Bertz CT molecular complexity index is 583. The molecule has 1 aromatic carbocycles. The number of rotatable bonds is 4. The van der Waals surface area contributed by atoms with Crippen LogP contribution in [-0.4, -0.2) is 29.0 Å². The molecule has 112 valence electrons. The Labute approximate surface area is 124 Å². The monoisotopic (exact) mass is 286 g/mol. The van der Waals surface area contributed by atoms with E-state index in [0.29, 0.717) is 24.2 Å². The Balaban J connectivity index is 1.58. The number of H-pyrrole nitrogens is 1. The Kier molecular flexibility index (Phi) is 4.20. The van der Waals surface area contributed by atoms with Crippen molar-refractivity contribution >= 4 is 22.9 Å². The molecule has 1 aromatic heterocycles. The molecule has 1 fully saturated rings. The molecular weight excluding hydrogens is 264 g/mol. The summed E-state index contributed by atoms with van der Waals surface area (Å²) in [5, 5.41) is 6.28. The van der Waals surface area contributed by atoms with Crippen molar-refractivity contribution < 1.29 is 4.79 Å². The Morgan fingerprint density at radius 1 is 1.48 bits per heavy atom. The van der Waals surface area contributed by atoms with E-state index in [1.54, 1.807) is 0 Å². The number of amides is 1. The minimum atomic E-state index is 0.0344. The lowest BCUT2D eigenvalue weighted by atomic mass is 9.85. The number of hydrogen-bond donors (Lipinski definition) is 3. The lowest BCUT2D eigenvalue weighted by Gasteiger charge is -2.27. The van der Waals surface area contributed by atoms with Crippen molar-refractivity contribution in [1.82, 2.24) is 15.3 Å². The van der Waals surface area contributed by atoms with E-state index in [1.807, 2.05) is 24.3 Å². The first-order valence-electron chi connectivity index (χ1n) is 7.67. The lowest BCUT2D eigenvalue weighted by Crippen LogP contribution is -2.34. The van der Waals surface area contributed by atoms with Gasteiger partial charge in [-0.05, 0) is 49.9 Å². The highest BCUT2D eigenvalue weighted by Crippen LogP contribution is 2.23. The fourth-order valence-corrected chi connectivity index (χ4v) is 3.02. The molecule has 2 aromatic rings. The molecule has 0 aliphatic carbocycles. The van der Waals surface area contributed by atoms with Crippen molar-refractivity contribution in [3.63, 3.8) is 0 Å². The normalized spacial score (nSPS) is 20.3. The number of carbonyl (C=O) groups excluding carboxylic acids is 1. The van der Waals surface area contributed by atoms with Crippen molar-refractivity contribution in [2.75, 3.05) is 18.4 Å². The van der Waals surface area contributed by atoms with Gasteiger partial charge in [-0.15, -0.1) is 0 Å². The molecule has 5 heteroatoms. The van der Waals surface area contributed by atoms with Crippen LogP contribution >= 0.6 is 0 Å². The molecular formula is C16H22N4O. The maximum absolute atomic E-state index is 12.2. The fourth-order valence-electron chi connectivity index (χ4n) is 3.02. The van der Waals surface area contributed by atoms with Gasteiger partial charge in [-0.3, -0.25) is 10.1 Å². The van der Waals surface area contributed by atoms with Crippen LogP contribution < -0.4 is 10.6 Å². The number of piperidine rings is 1. The van der Waals surface area contributed by atoms with Gasteiger partial charge in [0, 0.05) is 6.42 Å². The van der Waals surface area contributed by atoms with Crippen molar-refractivity contribution in [2.24, 2.45) is 11.8 Å². The van der Waals surface area contributed by atoms with Gasteiger partial charge in [0.2, 0.25) is 11.9 Å². The van der Waals surface area contributed by atoms with Crippen LogP contribution in [0.5, 0.6) is 0 Å². The molecule has 0 bridgehead atoms. The number of para-hydroxylation sites is 2. The van der Waals surface area contributed by atoms with Crippen molar-refractivity contribution in [3.8, 4) is 0 Å². The van der Waals surface area contributed by atoms with Crippen molar-refractivity contribution in [2.45, 2.75) is 26.2 Å². The summed E-state index contributed by atoms with van der Waals surface area (Å²) in [6.45, 7) is 4.30. The van der Waals surface area contributed by atoms with Crippen LogP contribution in [0.25, 0.3) is 11.0 Å². The fraction of sp³-hybridized carbons (Fsp3) is 0.500. The van der Waals surface area contributed by atoms with E-state index in [0.717, 1.165) is 24.1 Å². The van der Waals surface area contributed by atoms with Gasteiger partial charge in [-0.1, -0.05) is 19.1 Å². The number of benzene rings is 1. The number of nitrogens with one attached hydrogen (secondary N) is 3. The molecule has 2 atom stereocenters. The first-order chi connectivity index (χ1) is 10.2. The van der Waals surface area contributed by atoms with E-state index < -0.39 is 0 Å². The zero-order valence-electron chi connectivity index (χ0n) is 12.4. The SMILES string of the molecule is CC(CC(=O)Nc1nc2ccccc2[nH]1)C1CCCNC1. The third kappa shape index (κ3) is 3.42. The summed E-state index contributed by atoms with van der Waals surface area (Å²) in [6, 6.07) is 7.77. The summed E-state index contributed by atoms with van der Waals surface area (Å²) in [4.78, 5) is 19.6. The minimum absolute atomic E-state index is 0.0344. The highest BCUT2D eigenvalue weighted by atomic mass is 16.1. The molecule has 21 heavy (non-hydrogen) atoms. The van der Waals surface area contributed by atoms with E-state index in [-0.39, 0.29) is 5.91 Å². The van der Waals surface area contributed by atoms with E-state index in [2.05, 4.69) is 27.5 Å². The molecule has 5 nitrogen and oxygen atoms in total. The van der Waals surface area contributed by atoms with Gasteiger partial charge in [0.05, 0.1) is 11.0 Å². The average Bonchev–Trinajstić information content (AvgIpc) is 2.90. The minimum Gasteiger partial charge on any atom is -0.324 e. The summed E-state index contributed by atoms with van der Waals surface area (Å²) in [5.41, 5.74) is 1.81. The summed E-state index contributed by atoms with van der Waals surface area (Å²) >= 11 is 0. The number of fused-ring (bicyclic) bond motifs is 1. The van der Waals surface area contributed by atoms with Gasteiger partial charge in [-0.25, -0.2) is 4.98 Å². The molecule has 0 saturated carbocycles. The smallest absolute Gasteiger partial charge is 0.226 e. The highest BCUT2D eigenvalue weighted by molar-refractivity contribution is 5.91. The first kappa shape index (κ1) is 14.1. The molecule has 2 heterocycles. The molecule has 2 unspecified atom stereocenters. The number of carbonyl (C=O) groups is 1. The number of nitrogens with zero attached hydrogens (tertiary/aromatic N) is 1. The quantitative estimate of drug-likeness (QED) is 0.809. The summed E-state index contributed by atoms with van der Waals surface area (Å²) in [6.07, 6.45) is 2.97. The second-order valence-electron chi connectivity index (χ2n) is 5.94. The molecule has 0 spiro atoms. The van der Waals surface area contributed by atoms with E-state index in [9.17, 15) is 4.79 Å². The molecule has 1 saturated heterocycles. The van der Waals surface area contributed by atoms with E-state index in [4.69, 9.17) is 0 Å². The van der Waals surface area contributed by atoms with Crippen LogP contribution in [0.1, 0.15) is 26.2 Å². The van der Waals surface area contributed by atoms with Gasteiger partial charge < -0.3 is 10.3 Å². The van der Waals surface area contributed by atoms with Gasteiger partial charge in [-0.2, -0.15) is 0 Å². The standard InChI is InChI=1S/C16H22N4O/c1-11(12-5-4-8-17-10-12)9-15(21)20-16-18-13-6-2-3-7-14(13)19-16/h2-3,6-7,11-12,17H,4-5,8-10H2,1H3,(H2,18,19,20,21). The van der Waals surface area contributed by atoms with Crippen LogP contribution in [0.15, 0.2) is 24.3 Å². The van der Waals surface area contributed by atoms with Crippen LogP contribution in [0.2, 0.25) is 0 Å². The van der Waals surface area contributed by atoms with Gasteiger partial charge >= 0.3 is 0 Å². The summed E-state index contributed by atoms with van der Waals surface area (Å²) in [5.74, 6) is 1.56. The maximum atomic E-state index is 12.2. The Morgan fingerprint density at radius 3 is 3.10 bits per heavy atom. The Hall–Kier alpha value is -1.88. The third-order valence-electron chi connectivity index (χ3n) is 4.29. The van der Waals surface area contributed by atoms with E-state index >= 15 is 0 Å². The molecule has 0 radical (unpaired) electrons. The number of anilines is 1. The zero-order chi connectivity index (χ0) is 14.7. The van der Waals surface area contributed by atoms with E-state index in [1.165, 1.54) is 12.8 Å².